The highest BCUT2D eigenvalue weighted by Crippen LogP contribution is 2.27. The molecule has 2 rings (SSSR count). The molecule has 2 N–H and O–H groups in total. The molecule has 1 aliphatic rings. The fourth-order valence-electron chi connectivity index (χ4n) is 2.19. The number of hydrogen-bond acceptors (Lipinski definition) is 3. The van der Waals surface area contributed by atoms with E-state index in [0.717, 1.165) is 17.3 Å². The minimum atomic E-state index is -0.313. The van der Waals surface area contributed by atoms with Crippen molar-refractivity contribution < 1.29 is 9.59 Å². The topological polar surface area (TPSA) is 63.4 Å². The van der Waals surface area contributed by atoms with Gasteiger partial charge in [0.15, 0.2) is 0 Å². The van der Waals surface area contributed by atoms with Crippen molar-refractivity contribution in [2.75, 3.05) is 6.54 Å². The number of rotatable bonds is 2. The molecule has 1 aliphatic heterocycles. The first-order valence-corrected chi connectivity index (χ1v) is 7.50. The van der Waals surface area contributed by atoms with Crippen molar-refractivity contribution in [2.45, 2.75) is 25.8 Å². The van der Waals surface area contributed by atoms with Crippen LogP contribution in [0.5, 0.6) is 0 Å². The lowest BCUT2D eigenvalue weighted by molar-refractivity contribution is -0.123. The number of primary amides is 1. The molecule has 2 atom stereocenters. The van der Waals surface area contributed by atoms with Gasteiger partial charge in [-0.05, 0) is 41.8 Å². The van der Waals surface area contributed by atoms with Crippen LogP contribution < -0.4 is 5.73 Å². The fourth-order valence-corrected chi connectivity index (χ4v) is 3.57. The van der Waals surface area contributed by atoms with Crippen LogP contribution in [0, 0.1) is 5.92 Å². The summed E-state index contributed by atoms with van der Waals surface area (Å²) < 4.78 is 0.909. The Balaban J connectivity index is 2.15. The van der Waals surface area contributed by atoms with Crippen molar-refractivity contribution in [3.63, 3.8) is 0 Å². The number of carbonyl (C=O) groups excluding carboxylic acids is 2. The highest BCUT2D eigenvalue weighted by molar-refractivity contribution is 9.10. The molecule has 0 aliphatic carbocycles. The predicted octanol–water partition coefficient (Wildman–Crippen LogP) is 2.24. The summed E-state index contributed by atoms with van der Waals surface area (Å²) in [4.78, 5) is 26.1. The maximum absolute atomic E-state index is 12.4. The number of hydrogen-bond donors (Lipinski definition) is 1. The van der Waals surface area contributed by atoms with E-state index in [1.54, 1.807) is 4.90 Å². The molecule has 6 heteroatoms. The molecule has 1 aromatic rings. The lowest BCUT2D eigenvalue weighted by atomic mass is 9.93. The molecule has 1 fully saturated rings. The second-order valence-corrected chi connectivity index (χ2v) is 6.44. The van der Waals surface area contributed by atoms with Gasteiger partial charge in [0.2, 0.25) is 5.91 Å². The second-order valence-electron chi connectivity index (χ2n) is 4.61. The minimum absolute atomic E-state index is 0.0100. The van der Waals surface area contributed by atoms with E-state index >= 15 is 0 Å². The third-order valence-corrected chi connectivity index (χ3v) is 5.00. The van der Waals surface area contributed by atoms with Crippen LogP contribution in [0.25, 0.3) is 0 Å². The van der Waals surface area contributed by atoms with E-state index in [1.807, 2.05) is 18.4 Å². The summed E-state index contributed by atoms with van der Waals surface area (Å²) in [6, 6.07) is 1.97. The van der Waals surface area contributed by atoms with Crippen molar-refractivity contribution in [3.8, 4) is 0 Å². The average Bonchev–Trinajstić information content (AvgIpc) is 2.75. The summed E-state index contributed by atoms with van der Waals surface area (Å²) in [6.07, 6.45) is 1.60. The zero-order valence-electron chi connectivity index (χ0n) is 10.1. The van der Waals surface area contributed by atoms with Gasteiger partial charge in [0.25, 0.3) is 5.91 Å². The van der Waals surface area contributed by atoms with Crippen LogP contribution in [0.3, 0.4) is 0 Å². The van der Waals surface area contributed by atoms with Gasteiger partial charge in [0.05, 0.1) is 10.8 Å². The van der Waals surface area contributed by atoms with Crippen molar-refractivity contribution in [1.82, 2.24) is 4.90 Å². The smallest absolute Gasteiger partial charge is 0.264 e. The monoisotopic (exact) mass is 330 g/mol. The zero-order valence-corrected chi connectivity index (χ0v) is 12.5. The summed E-state index contributed by atoms with van der Waals surface area (Å²) in [7, 11) is 0. The molecule has 2 heterocycles. The third kappa shape index (κ3) is 2.75. The Morgan fingerprint density at radius 1 is 1.50 bits per heavy atom. The number of nitrogens with two attached hydrogens (primary N) is 1. The number of carbonyl (C=O) groups is 2. The Morgan fingerprint density at radius 2 is 2.22 bits per heavy atom. The lowest BCUT2D eigenvalue weighted by Gasteiger charge is -2.36. The summed E-state index contributed by atoms with van der Waals surface area (Å²) >= 11 is 4.75. The summed E-state index contributed by atoms with van der Waals surface area (Å²) in [5, 5.41) is 1.88. The molecule has 4 nitrogen and oxygen atoms in total. The number of thiophene rings is 1. The van der Waals surface area contributed by atoms with E-state index in [-0.39, 0.29) is 23.8 Å². The van der Waals surface area contributed by atoms with Crippen LogP contribution in [0.1, 0.15) is 29.4 Å². The van der Waals surface area contributed by atoms with Gasteiger partial charge in [-0.3, -0.25) is 9.59 Å². The van der Waals surface area contributed by atoms with Gasteiger partial charge in [0, 0.05) is 22.4 Å². The van der Waals surface area contributed by atoms with Gasteiger partial charge in [-0.25, -0.2) is 0 Å². The van der Waals surface area contributed by atoms with E-state index in [9.17, 15) is 9.59 Å². The third-order valence-electron chi connectivity index (χ3n) is 3.32. The van der Waals surface area contributed by atoms with Gasteiger partial charge in [-0.15, -0.1) is 11.3 Å². The van der Waals surface area contributed by atoms with Gasteiger partial charge >= 0.3 is 0 Å². The number of nitrogens with zero attached hydrogens (tertiary/aromatic N) is 1. The summed E-state index contributed by atoms with van der Waals surface area (Å²) in [5.41, 5.74) is 5.34. The quantitative estimate of drug-likeness (QED) is 0.903. The van der Waals surface area contributed by atoms with Gasteiger partial charge in [-0.1, -0.05) is 0 Å². The predicted molar refractivity (Wildman–Crippen MR) is 74.4 cm³/mol. The van der Waals surface area contributed by atoms with Crippen LogP contribution in [-0.4, -0.2) is 29.3 Å². The largest absolute Gasteiger partial charge is 0.369 e. The number of likely N-dealkylation sites (tertiary alicyclic amines) is 1. The molecule has 98 valence electrons. The van der Waals surface area contributed by atoms with E-state index in [4.69, 9.17) is 5.73 Å². The van der Waals surface area contributed by atoms with Gasteiger partial charge < -0.3 is 10.6 Å². The Hall–Kier alpha value is -0.880. The van der Waals surface area contributed by atoms with Gasteiger partial charge in [0.1, 0.15) is 0 Å². The Kier molecular flexibility index (Phi) is 4.07. The Bertz CT molecular complexity index is 474. The first-order chi connectivity index (χ1) is 8.49. The lowest BCUT2D eigenvalue weighted by Crippen LogP contribution is -2.48. The molecule has 0 saturated carbocycles. The van der Waals surface area contributed by atoms with Crippen LogP contribution in [0.4, 0.5) is 0 Å². The van der Waals surface area contributed by atoms with Crippen LogP contribution in [-0.2, 0) is 4.79 Å². The van der Waals surface area contributed by atoms with Crippen molar-refractivity contribution in [3.05, 3.63) is 20.8 Å². The zero-order chi connectivity index (χ0) is 13.3. The first-order valence-electron chi connectivity index (χ1n) is 5.83. The first kappa shape index (κ1) is 13.5. The van der Waals surface area contributed by atoms with Crippen LogP contribution >= 0.6 is 27.3 Å². The summed E-state index contributed by atoms with van der Waals surface area (Å²) in [6.45, 7) is 2.45. The van der Waals surface area contributed by atoms with E-state index < -0.39 is 0 Å². The normalized spacial score (nSPS) is 24.0. The molecular weight excluding hydrogens is 316 g/mol. The molecular formula is C12H15BrN2O2S. The molecule has 0 aromatic carbocycles. The maximum atomic E-state index is 12.4. The average molecular weight is 331 g/mol. The van der Waals surface area contributed by atoms with E-state index in [0.29, 0.717) is 11.4 Å². The van der Waals surface area contributed by atoms with E-state index in [2.05, 4.69) is 15.9 Å². The van der Waals surface area contributed by atoms with Gasteiger partial charge in [-0.2, -0.15) is 0 Å². The Morgan fingerprint density at radius 3 is 2.78 bits per heavy atom. The van der Waals surface area contributed by atoms with Crippen molar-refractivity contribution >= 4 is 39.1 Å². The van der Waals surface area contributed by atoms with Crippen LogP contribution in [0.2, 0.25) is 0 Å². The second kappa shape index (κ2) is 5.40. The highest BCUT2D eigenvalue weighted by Gasteiger charge is 2.32. The molecule has 1 aromatic heterocycles. The number of halogens is 1. The Labute approximate surface area is 118 Å². The molecule has 1 saturated heterocycles. The molecule has 0 unspecified atom stereocenters. The summed E-state index contributed by atoms with van der Waals surface area (Å²) in [5.74, 6) is -0.537. The molecule has 0 bridgehead atoms. The standard InChI is InChI=1S/C12H15BrN2O2S/c1-7-2-3-8(11(14)16)5-15(7)12(17)10-4-9(13)6-18-10/h4,6-8H,2-3,5H2,1H3,(H2,14,16)/t7-,8+/m1/s1. The fraction of sp³-hybridized carbons (Fsp3) is 0.500. The van der Waals surface area contributed by atoms with Crippen molar-refractivity contribution in [1.29, 1.82) is 0 Å². The molecule has 2 amide bonds. The highest BCUT2D eigenvalue weighted by atomic mass is 79.9. The maximum Gasteiger partial charge on any atom is 0.264 e. The van der Waals surface area contributed by atoms with Crippen LogP contribution in [0.15, 0.2) is 15.9 Å². The minimum Gasteiger partial charge on any atom is -0.369 e. The molecule has 0 spiro atoms. The SMILES string of the molecule is C[C@@H]1CC[C@H](C(N)=O)CN1C(=O)c1cc(Br)cs1. The van der Waals surface area contributed by atoms with E-state index in [1.165, 1.54) is 11.3 Å². The number of piperidine rings is 1. The number of amides is 2. The molecule has 0 radical (unpaired) electrons. The molecule has 18 heavy (non-hydrogen) atoms. The van der Waals surface area contributed by atoms with Crippen molar-refractivity contribution in [2.24, 2.45) is 11.7 Å².